The van der Waals surface area contributed by atoms with E-state index < -0.39 is 0 Å². The third kappa shape index (κ3) is 6.25. The number of amides is 2. The summed E-state index contributed by atoms with van der Waals surface area (Å²) in [6.45, 7) is 7.09. The molecule has 0 bridgehead atoms. The van der Waals surface area contributed by atoms with E-state index in [4.69, 9.17) is 14.2 Å². The van der Waals surface area contributed by atoms with Crippen molar-refractivity contribution in [2.24, 2.45) is 0 Å². The van der Waals surface area contributed by atoms with E-state index in [1.165, 1.54) is 6.20 Å². The molecule has 0 saturated carbocycles. The van der Waals surface area contributed by atoms with Crippen LogP contribution in [0.25, 0.3) is 0 Å². The average Bonchev–Trinajstić information content (AvgIpc) is 2.86. The lowest BCUT2D eigenvalue weighted by Gasteiger charge is -2.17. The number of para-hydroxylation sites is 1. The van der Waals surface area contributed by atoms with Gasteiger partial charge in [0.1, 0.15) is 0 Å². The molecular weight excluding hydrogens is 434 g/mol. The lowest BCUT2D eigenvalue weighted by atomic mass is 10.1. The van der Waals surface area contributed by atoms with Gasteiger partial charge in [-0.05, 0) is 56.7 Å². The van der Waals surface area contributed by atoms with E-state index in [-0.39, 0.29) is 18.4 Å². The van der Waals surface area contributed by atoms with Crippen LogP contribution in [-0.2, 0) is 6.54 Å². The number of aromatic nitrogens is 1. The van der Waals surface area contributed by atoms with Crippen molar-refractivity contribution in [1.29, 1.82) is 0 Å². The first kappa shape index (κ1) is 24.6. The minimum absolute atomic E-state index is 0.238. The van der Waals surface area contributed by atoms with Crippen molar-refractivity contribution in [3.63, 3.8) is 0 Å². The van der Waals surface area contributed by atoms with Gasteiger partial charge in [0, 0.05) is 30.2 Å². The minimum Gasteiger partial charge on any atom is -0.490 e. The molecule has 8 nitrogen and oxygen atoms in total. The second-order valence-corrected chi connectivity index (χ2v) is 7.14. The molecule has 0 fully saturated rings. The smallest absolute Gasteiger partial charge is 0.255 e. The molecule has 0 radical (unpaired) electrons. The van der Waals surface area contributed by atoms with Gasteiger partial charge in [-0.3, -0.25) is 14.6 Å². The molecule has 178 valence electrons. The van der Waals surface area contributed by atoms with Crippen LogP contribution in [-0.4, -0.2) is 36.6 Å². The highest BCUT2D eigenvalue weighted by Gasteiger charge is 2.19. The molecule has 0 aliphatic heterocycles. The predicted octanol–water partition coefficient (Wildman–Crippen LogP) is 4.46. The van der Waals surface area contributed by atoms with E-state index in [2.05, 4.69) is 15.6 Å². The van der Waals surface area contributed by atoms with Gasteiger partial charge in [-0.25, -0.2) is 0 Å². The molecule has 2 aromatic carbocycles. The molecule has 0 aliphatic carbocycles. The summed E-state index contributed by atoms with van der Waals surface area (Å²) in [5.41, 5.74) is 2.17. The summed E-state index contributed by atoms with van der Waals surface area (Å²) in [5.74, 6) is 0.774. The van der Waals surface area contributed by atoms with Gasteiger partial charge in [0.2, 0.25) is 5.75 Å². The topological polar surface area (TPSA) is 98.8 Å². The predicted molar refractivity (Wildman–Crippen MR) is 130 cm³/mol. The highest BCUT2D eigenvalue weighted by molar-refractivity contribution is 6.05. The zero-order valence-electron chi connectivity index (χ0n) is 19.6. The van der Waals surface area contributed by atoms with Gasteiger partial charge in [0.25, 0.3) is 11.8 Å². The third-order valence-electron chi connectivity index (χ3n) is 4.80. The van der Waals surface area contributed by atoms with Crippen LogP contribution < -0.4 is 24.8 Å². The van der Waals surface area contributed by atoms with E-state index in [0.717, 1.165) is 5.56 Å². The number of hydrogen-bond donors (Lipinski definition) is 2. The first-order valence-corrected chi connectivity index (χ1v) is 11.2. The van der Waals surface area contributed by atoms with Crippen molar-refractivity contribution in [2.45, 2.75) is 27.3 Å². The molecule has 0 spiro atoms. The van der Waals surface area contributed by atoms with E-state index >= 15 is 0 Å². The number of benzene rings is 2. The zero-order chi connectivity index (χ0) is 24.3. The van der Waals surface area contributed by atoms with Crippen molar-refractivity contribution in [2.75, 3.05) is 25.1 Å². The number of carbonyl (C=O) groups excluding carboxylic acids is 2. The summed E-state index contributed by atoms with van der Waals surface area (Å²) in [7, 11) is 0. The number of carbonyl (C=O) groups is 2. The highest BCUT2D eigenvalue weighted by atomic mass is 16.5. The first-order valence-electron chi connectivity index (χ1n) is 11.2. The Bertz CT molecular complexity index is 1090. The van der Waals surface area contributed by atoms with Crippen molar-refractivity contribution in [1.82, 2.24) is 10.3 Å². The van der Waals surface area contributed by atoms with Crippen molar-refractivity contribution >= 4 is 17.5 Å². The van der Waals surface area contributed by atoms with Crippen LogP contribution in [0.5, 0.6) is 17.2 Å². The Morgan fingerprint density at radius 3 is 2.12 bits per heavy atom. The first-order chi connectivity index (χ1) is 16.6. The molecule has 0 atom stereocenters. The number of pyridine rings is 1. The standard InChI is InChI=1S/C26H29N3O5/c1-4-32-22-14-20(15-23(33-5-2)24(22)34-6-3)26(31)29-21-12-8-7-10-18(21)17-28-25(30)19-11-9-13-27-16-19/h7-16H,4-6,17H2,1-3H3,(H,28,30)(H,29,31). The van der Waals surface area contributed by atoms with Gasteiger partial charge >= 0.3 is 0 Å². The molecule has 2 amide bonds. The number of nitrogens with zero attached hydrogens (tertiary/aromatic N) is 1. The van der Waals surface area contributed by atoms with Crippen LogP contribution in [0.2, 0.25) is 0 Å². The Balaban J connectivity index is 1.81. The average molecular weight is 464 g/mol. The van der Waals surface area contributed by atoms with E-state index in [9.17, 15) is 9.59 Å². The molecule has 0 aliphatic rings. The van der Waals surface area contributed by atoms with E-state index in [1.54, 1.807) is 36.5 Å². The molecule has 1 heterocycles. The Morgan fingerprint density at radius 2 is 1.50 bits per heavy atom. The summed E-state index contributed by atoms with van der Waals surface area (Å²) in [6, 6.07) is 14.0. The third-order valence-corrected chi connectivity index (χ3v) is 4.80. The fourth-order valence-corrected chi connectivity index (χ4v) is 3.29. The Morgan fingerprint density at radius 1 is 0.824 bits per heavy atom. The summed E-state index contributed by atoms with van der Waals surface area (Å²) in [5, 5.41) is 5.78. The summed E-state index contributed by atoms with van der Waals surface area (Å²) >= 11 is 0. The second-order valence-electron chi connectivity index (χ2n) is 7.14. The van der Waals surface area contributed by atoms with Crippen molar-refractivity contribution in [3.8, 4) is 17.2 Å². The van der Waals surface area contributed by atoms with Crippen LogP contribution in [0.4, 0.5) is 5.69 Å². The van der Waals surface area contributed by atoms with Crippen LogP contribution in [0.1, 0.15) is 47.1 Å². The molecular formula is C26H29N3O5. The maximum absolute atomic E-state index is 13.1. The Labute approximate surface area is 199 Å². The Hall–Kier alpha value is -4.07. The molecule has 0 saturated heterocycles. The molecule has 1 aromatic heterocycles. The summed E-state index contributed by atoms with van der Waals surface area (Å²) in [4.78, 5) is 29.5. The monoisotopic (exact) mass is 463 g/mol. The maximum atomic E-state index is 13.1. The van der Waals surface area contributed by atoms with Gasteiger partial charge < -0.3 is 24.8 Å². The summed E-state index contributed by atoms with van der Waals surface area (Å²) in [6.07, 6.45) is 3.11. The minimum atomic E-state index is -0.337. The molecule has 3 rings (SSSR count). The highest BCUT2D eigenvalue weighted by Crippen LogP contribution is 2.39. The molecule has 34 heavy (non-hydrogen) atoms. The molecule has 0 unspecified atom stereocenters. The quantitative estimate of drug-likeness (QED) is 0.436. The normalized spacial score (nSPS) is 10.3. The van der Waals surface area contributed by atoms with Gasteiger partial charge in [0.05, 0.1) is 25.4 Å². The van der Waals surface area contributed by atoms with Gasteiger partial charge in [-0.15, -0.1) is 0 Å². The van der Waals surface area contributed by atoms with Gasteiger partial charge in [-0.2, -0.15) is 0 Å². The van der Waals surface area contributed by atoms with E-state index in [0.29, 0.717) is 53.9 Å². The van der Waals surface area contributed by atoms with Crippen molar-refractivity contribution < 1.29 is 23.8 Å². The number of rotatable bonds is 11. The second kappa shape index (κ2) is 12.2. The van der Waals surface area contributed by atoms with Crippen LogP contribution >= 0.6 is 0 Å². The van der Waals surface area contributed by atoms with Crippen LogP contribution in [0.15, 0.2) is 60.9 Å². The van der Waals surface area contributed by atoms with Crippen molar-refractivity contribution in [3.05, 3.63) is 77.6 Å². The number of hydrogen-bond acceptors (Lipinski definition) is 6. The lowest BCUT2D eigenvalue weighted by molar-refractivity contribution is 0.0950. The van der Waals surface area contributed by atoms with Crippen LogP contribution in [0.3, 0.4) is 0 Å². The largest absolute Gasteiger partial charge is 0.490 e. The fraction of sp³-hybridized carbons (Fsp3) is 0.269. The Kier molecular flexibility index (Phi) is 8.85. The fourth-order valence-electron chi connectivity index (χ4n) is 3.29. The lowest BCUT2D eigenvalue weighted by Crippen LogP contribution is -2.24. The molecule has 3 aromatic rings. The summed E-state index contributed by atoms with van der Waals surface area (Å²) < 4.78 is 17.1. The molecule has 8 heteroatoms. The van der Waals surface area contributed by atoms with Crippen LogP contribution in [0, 0.1) is 0 Å². The molecule has 2 N–H and O–H groups in total. The van der Waals surface area contributed by atoms with E-state index in [1.807, 2.05) is 39.0 Å². The SMILES string of the molecule is CCOc1cc(C(=O)Nc2ccccc2CNC(=O)c2cccnc2)cc(OCC)c1OCC. The van der Waals surface area contributed by atoms with Gasteiger partial charge in [0.15, 0.2) is 11.5 Å². The zero-order valence-corrected chi connectivity index (χ0v) is 19.6. The number of ether oxygens (including phenoxy) is 3. The van der Waals surface area contributed by atoms with Gasteiger partial charge in [-0.1, -0.05) is 18.2 Å². The number of anilines is 1. The number of nitrogens with one attached hydrogen (secondary N) is 2. The maximum Gasteiger partial charge on any atom is 0.255 e.